The van der Waals surface area contributed by atoms with Crippen molar-refractivity contribution in [3.8, 4) is 0 Å². The number of carbonyl (C=O) groups is 2. The highest BCUT2D eigenvalue weighted by molar-refractivity contribution is 6.19. The lowest BCUT2D eigenvalue weighted by atomic mass is 9.66. The van der Waals surface area contributed by atoms with E-state index >= 15 is 0 Å². The lowest BCUT2D eigenvalue weighted by Gasteiger charge is -2.50. The SMILES string of the molecule is NN=C1C2CN3CCN(C2)CC1(c1ccc(N2C(=O)CCC2=O)cc1)C3. The quantitative estimate of drug-likeness (QED) is 0.465. The molecule has 0 radical (unpaired) electrons. The van der Waals surface area contributed by atoms with Gasteiger partial charge < -0.3 is 15.6 Å². The zero-order valence-corrected chi connectivity index (χ0v) is 14.7. The van der Waals surface area contributed by atoms with Crippen molar-refractivity contribution in [1.82, 2.24) is 9.80 Å². The standard InChI is InChI=1S/C19H23N5O2/c20-21-18-13-9-22-7-8-23(10-13)12-19(18,11-22)14-1-3-15(4-2-14)24-16(25)5-6-17(24)26/h1-4,13H,5-12,20H2. The lowest BCUT2D eigenvalue weighted by molar-refractivity contribution is -0.121. The van der Waals surface area contributed by atoms with Gasteiger partial charge >= 0.3 is 0 Å². The summed E-state index contributed by atoms with van der Waals surface area (Å²) < 4.78 is 0. The molecule has 5 saturated heterocycles. The van der Waals surface area contributed by atoms with Crippen LogP contribution in [-0.2, 0) is 15.0 Å². The molecule has 0 aliphatic carbocycles. The largest absolute Gasteiger partial charge is 0.323 e. The van der Waals surface area contributed by atoms with Gasteiger partial charge in [0.2, 0.25) is 11.8 Å². The van der Waals surface area contributed by atoms with Crippen molar-refractivity contribution in [2.24, 2.45) is 16.9 Å². The zero-order chi connectivity index (χ0) is 17.9. The van der Waals surface area contributed by atoms with E-state index in [0.29, 0.717) is 24.4 Å². The third-order valence-corrected chi connectivity index (χ3v) is 6.42. The highest BCUT2D eigenvalue weighted by Crippen LogP contribution is 2.41. The van der Waals surface area contributed by atoms with Crippen LogP contribution < -0.4 is 10.7 Å². The number of benzene rings is 1. The molecule has 5 fully saturated rings. The summed E-state index contributed by atoms with van der Waals surface area (Å²) in [5.74, 6) is 6.00. The first-order valence-electron chi connectivity index (χ1n) is 9.30. The van der Waals surface area contributed by atoms with Gasteiger partial charge in [0.15, 0.2) is 0 Å². The van der Waals surface area contributed by atoms with Gasteiger partial charge in [0.05, 0.1) is 16.8 Å². The molecule has 0 spiro atoms. The van der Waals surface area contributed by atoms with Crippen LogP contribution in [0, 0.1) is 5.92 Å². The molecule has 5 aliphatic heterocycles. The van der Waals surface area contributed by atoms with Crippen LogP contribution in [0.3, 0.4) is 0 Å². The molecule has 7 heteroatoms. The first-order chi connectivity index (χ1) is 12.6. The van der Waals surface area contributed by atoms with E-state index in [1.807, 2.05) is 12.1 Å². The van der Waals surface area contributed by atoms with E-state index in [0.717, 1.165) is 45.0 Å². The Morgan fingerprint density at radius 3 is 2.08 bits per heavy atom. The highest BCUT2D eigenvalue weighted by atomic mass is 16.2. The van der Waals surface area contributed by atoms with E-state index in [1.165, 1.54) is 10.5 Å². The van der Waals surface area contributed by atoms with Gasteiger partial charge in [-0.25, -0.2) is 0 Å². The molecular weight excluding hydrogens is 330 g/mol. The maximum Gasteiger partial charge on any atom is 0.234 e. The minimum Gasteiger partial charge on any atom is -0.323 e. The minimum atomic E-state index is -0.191. The number of hydrogen-bond donors (Lipinski definition) is 1. The third-order valence-electron chi connectivity index (χ3n) is 6.42. The van der Waals surface area contributed by atoms with Crippen molar-refractivity contribution in [1.29, 1.82) is 0 Å². The molecule has 0 aromatic heterocycles. The summed E-state index contributed by atoms with van der Waals surface area (Å²) in [6, 6.07) is 7.89. The Kier molecular flexibility index (Phi) is 3.45. The van der Waals surface area contributed by atoms with Gasteiger partial charge in [-0.1, -0.05) is 12.1 Å². The molecule has 1 aromatic carbocycles. The molecule has 136 valence electrons. The van der Waals surface area contributed by atoms with Crippen LogP contribution in [0.2, 0.25) is 0 Å². The number of nitrogens with two attached hydrogens (primary N) is 1. The van der Waals surface area contributed by atoms with Crippen molar-refractivity contribution in [3.63, 3.8) is 0 Å². The van der Waals surface area contributed by atoms with Gasteiger partial charge in [-0.05, 0) is 17.7 Å². The predicted molar refractivity (Wildman–Crippen MR) is 97.8 cm³/mol. The second-order valence-corrected chi connectivity index (χ2v) is 7.93. The number of nitrogens with zero attached hydrogens (tertiary/aromatic N) is 4. The number of rotatable bonds is 2. The maximum atomic E-state index is 12.0. The highest BCUT2D eigenvalue weighted by Gasteiger charge is 2.53. The zero-order valence-electron chi connectivity index (χ0n) is 14.7. The average Bonchev–Trinajstić information content (AvgIpc) is 2.79. The molecule has 2 unspecified atom stereocenters. The smallest absolute Gasteiger partial charge is 0.234 e. The van der Waals surface area contributed by atoms with E-state index in [-0.39, 0.29) is 17.2 Å². The van der Waals surface area contributed by atoms with E-state index in [4.69, 9.17) is 5.84 Å². The van der Waals surface area contributed by atoms with E-state index in [1.54, 1.807) is 0 Å². The Morgan fingerprint density at radius 1 is 0.962 bits per heavy atom. The molecule has 4 bridgehead atoms. The second-order valence-electron chi connectivity index (χ2n) is 7.93. The molecule has 0 saturated carbocycles. The van der Waals surface area contributed by atoms with Crippen molar-refractivity contribution < 1.29 is 9.59 Å². The number of amides is 2. The molecule has 2 amide bonds. The van der Waals surface area contributed by atoms with Crippen molar-refractivity contribution in [2.45, 2.75) is 18.3 Å². The number of piperidine rings is 2. The number of carbonyl (C=O) groups excluding carboxylic acids is 2. The molecule has 5 heterocycles. The predicted octanol–water partition coefficient (Wildman–Crippen LogP) is 0.154. The summed E-state index contributed by atoms with van der Waals surface area (Å²) in [6.45, 7) is 6.09. The lowest BCUT2D eigenvalue weighted by Crippen LogP contribution is -2.64. The Labute approximate surface area is 152 Å². The van der Waals surface area contributed by atoms with Crippen LogP contribution in [-0.4, -0.2) is 66.6 Å². The summed E-state index contributed by atoms with van der Waals surface area (Å²) in [6.07, 6.45) is 0.611. The van der Waals surface area contributed by atoms with E-state index < -0.39 is 0 Å². The summed E-state index contributed by atoms with van der Waals surface area (Å²) in [7, 11) is 0. The van der Waals surface area contributed by atoms with Crippen molar-refractivity contribution >= 4 is 23.2 Å². The first-order valence-corrected chi connectivity index (χ1v) is 9.30. The average molecular weight is 353 g/mol. The number of hydrogen-bond acceptors (Lipinski definition) is 6. The van der Waals surface area contributed by atoms with E-state index in [9.17, 15) is 9.59 Å². The Hall–Kier alpha value is -2.25. The maximum absolute atomic E-state index is 12.0. The van der Waals surface area contributed by atoms with Crippen LogP contribution in [0.5, 0.6) is 0 Å². The molecule has 2 atom stereocenters. The summed E-state index contributed by atoms with van der Waals surface area (Å²) in [5, 5.41) is 4.25. The van der Waals surface area contributed by atoms with Crippen LogP contribution in [0.1, 0.15) is 18.4 Å². The van der Waals surface area contributed by atoms with Crippen LogP contribution >= 0.6 is 0 Å². The molecule has 7 nitrogen and oxygen atoms in total. The summed E-state index contributed by atoms with van der Waals surface area (Å²) >= 11 is 0. The monoisotopic (exact) mass is 353 g/mol. The molecule has 1 aromatic rings. The van der Waals surface area contributed by atoms with Crippen LogP contribution in [0.15, 0.2) is 29.4 Å². The topological polar surface area (TPSA) is 82.2 Å². The van der Waals surface area contributed by atoms with Gasteiger partial charge in [0, 0.05) is 58.0 Å². The number of hydrazone groups is 1. The van der Waals surface area contributed by atoms with Crippen molar-refractivity contribution in [3.05, 3.63) is 29.8 Å². The van der Waals surface area contributed by atoms with E-state index in [2.05, 4.69) is 27.0 Å². The number of anilines is 1. The Bertz CT molecular complexity index is 771. The summed E-state index contributed by atoms with van der Waals surface area (Å²) in [4.78, 5) is 30.3. The first kappa shape index (κ1) is 16.0. The minimum absolute atomic E-state index is 0.115. The third kappa shape index (κ3) is 2.17. The number of fused-ring (bicyclic) bond motifs is 1. The van der Waals surface area contributed by atoms with Crippen LogP contribution in [0.25, 0.3) is 0 Å². The fourth-order valence-corrected chi connectivity index (χ4v) is 5.33. The Balaban J connectivity index is 1.54. The fraction of sp³-hybridized carbons (Fsp3) is 0.526. The molecule has 5 aliphatic rings. The van der Waals surface area contributed by atoms with Gasteiger partial charge in [-0.15, -0.1) is 0 Å². The van der Waals surface area contributed by atoms with Crippen molar-refractivity contribution in [2.75, 3.05) is 44.2 Å². The number of imide groups is 1. The summed E-state index contributed by atoms with van der Waals surface area (Å²) in [5.41, 5.74) is 2.75. The molecule has 26 heavy (non-hydrogen) atoms. The normalized spacial score (nSPS) is 37.6. The fourth-order valence-electron chi connectivity index (χ4n) is 5.33. The molecular formula is C19H23N5O2. The van der Waals surface area contributed by atoms with Gasteiger partial charge in [0.25, 0.3) is 0 Å². The van der Waals surface area contributed by atoms with Crippen LogP contribution in [0.4, 0.5) is 5.69 Å². The Morgan fingerprint density at radius 2 is 1.54 bits per heavy atom. The van der Waals surface area contributed by atoms with Gasteiger partial charge in [0.1, 0.15) is 0 Å². The second kappa shape index (κ2) is 5.62. The van der Waals surface area contributed by atoms with Gasteiger partial charge in [-0.3, -0.25) is 14.5 Å². The molecule has 2 N–H and O–H groups in total. The van der Waals surface area contributed by atoms with Gasteiger partial charge in [-0.2, -0.15) is 5.10 Å². The molecule has 6 rings (SSSR count).